The molecule has 0 fully saturated rings. The van der Waals surface area contributed by atoms with Crippen LogP contribution in [-0.2, 0) is 0 Å². The van der Waals surface area contributed by atoms with E-state index >= 15 is 0 Å². The minimum Gasteiger partial charge on any atom is -0.398 e. The number of halogens is 1. The molecule has 0 amide bonds. The molecule has 4 rings (SSSR count). The van der Waals surface area contributed by atoms with Crippen molar-refractivity contribution in [3.8, 4) is 11.4 Å². The second-order valence-electron chi connectivity index (χ2n) is 5.94. The summed E-state index contributed by atoms with van der Waals surface area (Å²) in [4.78, 5) is 13.8. The molecule has 0 radical (unpaired) electrons. The normalized spacial score (nSPS) is 11.3. The van der Waals surface area contributed by atoms with Crippen molar-refractivity contribution in [3.05, 3.63) is 58.7 Å². The van der Waals surface area contributed by atoms with Crippen LogP contribution in [0.4, 0.5) is 5.69 Å². The van der Waals surface area contributed by atoms with E-state index in [1.165, 1.54) is 0 Å². The molecule has 24 heavy (non-hydrogen) atoms. The fourth-order valence-electron chi connectivity index (χ4n) is 2.95. The first-order valence-electron chi connectivity index (χ1n) is 7.62. The van der Waals surface area contributed by atoms with E-state index in [4.69, 9.17) is 22.3 Å². The van der Waals surface area contributed by atoms with Crippen molar-refractivity contribution < 1.29 is 0 Å². The molecule has 0 aliphatic heterocycles. The molecule has 0 spiro atoms. The van der Waals surface area contributed by atoms with E-state index in [1.807, 2.05) is 31.2 Å². The number of rotatable bonds is 1. The van der Waals surface area contributed by atoms with Crippen molar-refractivity contribution in [2.45, 2.75) is 13.8 Å². The Bertz CT molecular complexity index is 1090. The fraction of sp³-hybridized carbons (Fsp3) is 0.105. The molecule has 2 aromatic heterocycles. The second kappa shape index (κ2) is 5.42. The maximum Gasteiger partial charge on any atom is 0.165 e. The number of pyridine rings is 1. The van der Waals surface area contributed by atoms with Crippen LogP contribution in [0.5, 0.6) is 0 Å². The molecular formula is C19H15ClN4. The highest BCUT2D eigenvalue weighted by Gasteiger charge is 2.12. The molecule has 2 N–H and O–H groups in total. The van der Waals surface area contributed by atoms with Crippen molar-refractivity contribution in [1.82, 2.24) is 15.0 Å². The number of nitrogens with two attached hydrogens (primary N) is 1. The summed E-state index contributed by atoms with van der Waals surface area (Å²) >= 11 is 5.94. The number of nitrogen functional groups attached to an aromatic ring is 1. The van der Waals surface area contributed by atoms with E-state index in [9.17, 15) is 0 Å². The van der Waals surface area contributed by atoms with Crippen LogP contribution in [0.1, 0.15) is 11.1 Å². The number of fused-ring (bicyclic) bond motifs is 2. The maximum atomic E-state index is 6.36. The monoisotopic (exact) mass is 334 g/mol. The summed E-state index contributed by atoms with van der Waals surface area (Å²) < 4.78 is 0. The molecule has 4 nitrogen and oxygen atoms in total. The van der Waals surface area contributed by atoms with Gasteiger partial charge < -0.3 is 5.73 Å². The molecule has 0 aliphatic rings. The zero-order chi connectivity index (χ0) is 16.8. The SMILES string of the molecule is Cc1cc(C)c2nc3nc(-c4ccc(Cl)cc4)ncc3c(N)c2c1. The Morgan fingerprint density at radius 1 is 0.958 bits per heavy atom. The smallest absolute Gasteiger partial charge is 0.165 e. The maximum absolute atomic E-state index is 6.36. The van der Waals surface area contributed by atoms with Crippen molar-refractivity contribution in [1.29, 1.82) is 0 Å². The molecule has 0 atom stereocenters. The molecule has 118 valence electrons. The Kier molecular flexibility index (Phi) is 3.36. The standard InChI is InChI=1S/C19H15ClN4/c1-10-7-11(2)17-14(8-10)16(21)15-9-22-18(24-19(15)23-17)12-3-5-13(20)6-4-12/h3-9H,1-2H3,(H2,21,22,23,24). The van der Waals surface area contributed by atoms with Crippen LogP contribution in [0, 0.1) is 13.8 Å². The Balaban J connectivity index is 2.00. The Labute approximate surface area is 144 Å². The lowest BCUT2D eigenvalue weighted by Gasteiger charge is -2.10. The average Bonchev–Trinajstić information content (AvgIpc) is 2.56. The third-order valence-electron chi connectivity index (χ3n) is 4.11. The number of benzene rings is 2. The number of hydrogen-bond acceptors (Lipinski definition) is 4. The van der Waals surface area contributed by atoms with E-state index in [0.29, 0.717) is 22.2 Å². The van der Waals surface area contributed by atoms with Gasteiger partial charge >= 0.3 is 0 Å². The predicted molar refractivity (Wildman–Crippen MR) is 99.2 cm³/mol. The lowest BCUT2D eigenvalue weighted by atomic mass is 10.0. The van der Waals surface area contributed by atoms with Gasteiger partial charge in [-0.15, -0.1) is 0 Å². The van der Waals surface area contributed by atoms with Gasteiger partial charge in [0.05, 0.1) is 16.6 Å². The molecule has 0 saturated heterocycles. The molecule has 0 unspecified atom stereocenters. The lowest BCUT2D eigenvalue weighted by molar-refractivity contribution is 1.20. The number of hydrogen-bond donors (Lipinski definition) is 1. The van der Waals surface area contributed by atoms with Crippen LogP contribution >= 0.6 is 11.6 Å². The zero-order valence-corrected chi connectivity index (χ0v) is 14.1. The lowest BCUT2D eigenvalue weighted by Crippen LogP contribution is -1.99. The predicted octanol–water partition coefficient (Wildman–Crippen LogP) is 4.70. The summed E-state index contributed by atoms with van der Waals surface area (Å²) in [5.74, 6) is 0.607. The van der Waals surface area contributed by atoms with Crippen molar-refractivity contribution in [2.75, 3.05) is 5.73 Å². The van der Waals surface area contributed by atoms with Gasteiger partial charge in [-0.25, -0.2) is 15.0 Å². The van der Waals surface area contributed by atoms with Crippen LogP contribution in [0.3, 0.4) is 0 Å². The Hall–Kier alpha value is -2.72. The summed E-state index contributed by atoms with van der Waals surface area (Å²) in [6, 6.07) is 11.6. The van der Waals surface area contributed by atoms with Crippen LogP contribution in [0.2, 0.25) is 5.02 Å². The summed E-state index contributed by atoms with van der Waals surface area (Å²) in [5, 5.41) is 2.40. The largest absolute Gasteiger partial charge is 0.398 e. The number of nitrogens with zero attached hydrogens (tertiary/aromatic N) is 3. The van der Waals surface area contributed by atoms with Crippen LogP contribution in [0.15, 0.2) is 42.6 Å². The zero-order valence-electron chi connectivity index (χ0n) is 13.3. The minimum atomic E-state index is 0.604. The van der Waals surface area contributed by atoms with Crippen molar-refractivity contribution >= 4 is 39.2 Å². The van der Waals surface area contributed by atoms with Gasteiger partial charge in [0.1, 0.15) is 0 Å². The highest BCUT2D eigenvalue weighted by atomic mass is 35.5. The second-order valence-corrected chi connectivity index (χ2v) is 6.38. The van der Waals surface area contributed by atoms with Crippen LogP contribution < -0.4 is 5.73 Å². The number of anilines is 1. The first-order valence-corrected chi connectivity index (χ1v) is 8.00. The summed E-state index contributed by atoms with van der Waals surface area (Å²) in [6.45, 7) is 4.09. The molecule has 0 saturated carbocycles. The van der Waals surface area contributed by atoms with E-state index in [-0.39, 0.29) is 0 Å². The number of aryl methyl sites for hydroxylation is 2. The first-order chi connectivity index (χ1) is 11.5. The minimum absolute atomic E-state index is 0.604. The average molecular weight is 335 g/mol. The molecule has 5 heteroatoms. The molecule has 2 aromatic carbocycles. The van der Waals surface area contributed by atoms with Crippen molar-refractivity contribution in [2.24, 2.45) is 0 Å². The van der Waals surface area contributed by atoms with E-state index in [0.717, 1.165) is 33.0 Å². The third-order valence-corrected chi connectivity index (χ3v) is 4.37. The van der Waals surface area contributed by atoms with Crippen LogP contribution in [-0.4, -0.2) is 15.0 Å². The van der Waals surface area contributed by atoms with Gasteiger partial charge in [0.25, 0.3) is 0 Å². The third kappa shape index (κ3) is 2.36. The summed E-state index contributed by atoms with van der Waals surface area (Å²) in [7, 11) is 0. The van der Waals surface area contributed by atoms with E-state index in [2.05, 4.69) is 29.0 Å². The molecule has 0 bridgehead atoms. The highest BCUT2D eigenvalue weighted by molar-refractivity contribution is 6.30. The molecule has 4 aromatic rings. The quantitative estimate of drug-likeness (QED) is 0.512. The van der Waals surface area contributed by atoms with Crippen LogP contribution in [0.25, 0.3) is 33.3 Å². The Morgan fingerprint density at radius 3 is 2.46 bits per heavy atom. The number of aromatic nitrogens is 3. The fourth-order valence-corrected chi connectivity index (χ4v) is 3.08. The molecule has 2 heterocycles. The molecular weight excluding hydrogens is 320 g/mol. The topological polar surface area (TPSA) is 64.7 Å². The molecule has 0 aliphatic carbocycles. The van der Waals surface area contributed by atoms with Gasteiger partial charge in [0.2, 0.25) is 0 Å². The summed E-state index contributed by atoms with van der Waals surface area (Å²) in [5.41, 5.74) is 11.7. The Morgan fingerprint density at radius 2 is 1.71 bits per heavy atom. The van der Waals surface area contributed by atoms with Gasteiger partial charge in [-0.1, -0.05) is 23.2 Å². The van der Waals surface area contributed by atoms with E-state index in [1.54, 1.807) is 6.20 Å². The van der Waals surface area contributed by atoms with Gasteiger partial charge in [-0.05, 0) is 49.7 Å². The van der Waals surface area contributed by atoms with E-state index < -0.39 is 0 Å². The first kappa shape index (κ1) is 14.8. The van der Waals surface area contributed by atoms with Gasteiger partial charge in [0.15, 0.2) is 11.5 Å². The van der Waals surface area contributed by atoms with Gasteiger partial charge in [-0.3, -0.25) is 0 Å². The van der Waals surface area contributed by atoms with Gasteiger partial charge in [0, 0.05) is 22.2 Å². The van der Waals surface area contributed by atoms with Gasteiger partial charge in [-0.2, -0.15) is 0 Å². The summed E-state index contributed by atoms with van der Waals surface area (Å²) in [6.07, 6.45) is 1.74. The highest BCUT2D eigenvalue weighted by Crippen LogP contribution is 2.30. The van der Waals surface area contributed by atoms with Crippen molar-refractivity contribution in [3.63, 3.8) is 0 Å².